The predicted octanol–water partition coefficient (Wildman–Crippen LogP) is 3.39. The Balaban J connectivity index is 2.12. The first-order valence-electron chi connectivity index (χ1n) is 5.83. The standard InChI is InChI=1S/C14H14FNO2S/c1-8-3-6-13(19-8)9(2)16-14(18)11-5-4-10(17)7-12(11)15/h3-7,9,17H,1-2H3,(H,16,18). The minimum Gasteiger partial charge on any atom is -0.508 e. The predicted molar refractivity (Wildman–Crippen MR) is 73.0 cm³/mol. The molecule has 1 atom stereocenters. The zero-order valence-electron chi connectivity index (χ0n) is 10.6. The van der Waals surface area contributed by atoms with Crippen LogP contribution in [0.3, 0.4) is 0 Å². The fourth-order valence-electron chi connectivity index (χ4n) is 1.72. The van der Waals surface area contributed by atoms with E-state index in [0.29, 0.717) is 0 Å². The average molecular weight is 279 g/mol. The van der Waals surface area contributed by atoms with Gasteiger partial charge in [-0.2, -0.15) is 0 Å². The van der Waals surface area contributed by atoms with E-state index in [-0.39, 0.29) is 17.4 Å². The molecule has 2 N–H and O–H groups in total. The lowest BCUT2D eigenvalue weighted by atomic mass is 10.1. The molecule has 1 aromatic heterocycles. The van der Waals surface area contributed by atoms with E-state index in [9.17, 15) is 9.18 Å². The molecule has 1 aromatic carbocycles. The summed E-state index contributed by atoms with van der Waals surface area (Å²) in [4.78, 5) is 14.1. The van der Waals surface area contributed by atoms with Crippen LogP contribution in [0, 0.1) is 12.7 Å². The van der Waals surface area contributed by atoms with E-state index in [2.05, 4.69) is 5.32 Å². The number of amides is 1. The number of carbonyl (C=O) groups is 1. The number of hydrogen-bond acceptors (Lipinski definition) is 3. The van der Waals surface area contributed by atoms with Crippen molar-refractivity contribution >= 4 is 17.2 Å². The first kappa shape index (κ1) is 13.5. The summed E-state index contributed by atoms with van der Waals surface area (Å²) < 4.78 is 13.5. The number of nitrogens with one attached hydrogen (secondary N) is 1. The summed E-state index contributed by atoms with van der Waals surface area (Å²) in [5.74, 6) is -1.42. The molecular formula is C14H14FNO2S. The maximum Gasteiger partial charge on any atom is 0.254 e. The van der Waals surface area contributed by atoms with Gasteiger partial charge in [-0.1, -0.05) is 0 Å². The molecule has 19 heavy (non-hydrogen) atoms. The van der Waals surface area contributed by atoms with Crippen LogP contribution in [0.15, 0.2) is 30.3 Å². The van der Waals surface area contributed by atoms with Crippen molar-refractivity contribution in [1.82, 2.24) is 5.32 Å². The molecule has 1 heterocycles. The van der Waals surface area contributed by atoms with Crippen LogP contribution in [0.25, 0.3) is 0 Å². The highest BCUT2D eigenvalue weighted by Gasteiger charge is 2.16. The molecule has 0 saturated heterocycles. The van der Waals surface area contributed by atoms with Crippen molar-refractivity contribution in [2.45, 2.75) is 19.9 Å². The first-order chi connectivity index (χ1) is 8.97. The number of phenolic OH excluding ortho intramolecular Hbond substituents is 1. The number of carbonyl (C=O) groups excluding carboxylic acids is 1. The van der Waals surface area contributed by atoms with E-state index in [1.165, 1.54) is 12.1 Å². The number of halogens is 1. The van der Waals surface area contributed by atoms with Crippen molar-refractivity contribution in [3.8, 4) is 5.75 Å². The highest BCUT2D eigenvalue weighted by Crippen LogP contribution is 2.23. The molecule has 3 nitrogen and oxygen atoms in total. The Labute approximate surface area is 114 Å². The SMILES string of the molecule is Cc1ccc(C(C)NC(=O)c2ccc(O)cc2F)s1. The Morgan fingerprint density at radius 1 is 1.37 bits per heavy atom. The quantitative estimate of drug-likeness (QED) is 0.904. The summed E-state index contributed by atoms with van der Waals surface area (Å²) in [5, 5.41) is 11.8. The third-order valence-corrected chi connectivity index (χ3v) is 3.92. The van der Waals surface area contributed by atoms with Gasteiger partial charge in [0.2, 0.25) is 0 Å². The zero-order valence-corrected chi connectivity index (χ0v) is 11.4. The molecule has 1 amide bonds. The molecule has 0 spiro atoms. The number of aryl methyl sites for hydroxylation is 1. The normalized spacial score (nSPS) is 12.2. The van der Waals surface area contributed by atoms with Gasteiger partial charge in [-0.05, 0) is 38.1 Å². The van der Waals surface area contributed by atoms with E-state index in [1.54, 1.807) is 11.3 Å². The van der Waals surface area contributed by atoms with Crippen LogP contribution in [0.4, 0.5) is 4.39 Å². The fraction of sp³-hybridized carbons (Fsp3) is 0.214. The van der Waals surface area contributed by atoms with E-state index < -0.39 is 11.7 Å². The lowest BCUT2D eigenvalue weighted by Crippen LogP contribution is -2.26. The van der Waals surface area contributed by atoms with Gasteiger partial charge in [0.05, 0.1) is 11.6 Å². The van der Waals surface area contributed by atoms with Gasteiger partial charge in [-0.3, -0.25) is 4.79 Å². The smallest absolute Gasteiger partial charge is 0.254 e. The van der Waals surface area contributed by atoms with Gasteiger partial charge in [-0.15, -0.1) is 11.3 Å². The molecule has 0 aliphatic rings. The van der Waals surface area contributed by atoms with Gasteiger partial charge < -0.3 is 10.4 Å². The number of benzene rings is 1. The molecule has 100 valence electrons. The van der Waals surface area contributed by atoms with Gasteiger partial charge in [0.15, 0.2) is 0 Å². The summed E-state index contributed by atoms with van der Waals surface area (Å²) >= 11 is 1.59. The van der Waals surface area contributed by atoms with E-state index in [1.807, 2.05) is 26.0 Å². The van der Waals surface area contributed by atoms with Gasteiger partial charge >= 0.3 is 0 Å². The number of hydrogen-bond donors (Lipinski definition) is 2. The van der Waals surface area contributed by atoms with Crippen molar-refractivity contribution in [3.05, 3.63) is 51.5 Å². The first-order valence-corrected chi connectivity index (χ1v) is 6.64. The Bertz CT molecular complexity index is 609. The largest absolute Gasteiger partial charge is 0.508 e. The monoisotopic (exact) mass is 279 g/mol. The Morgan fingerprint density at radius 2 is 2.11 bits per heavy atom. The van der Waals surface area contributed by atoms with Crippen molar-refractivity contribution < 1.29 is 14.3 Å². The lowest BCUT2D eigenvalue weighted by Gasteiger charge is -2.12. The maximum atomic E-state index is 13.5. The fourth-order valence-corrected chi connectivity index (χ4v) is 2.60. The van der Waals surface area contributed by atoms with Crippen LogP contribution in [0.2, 0.25) is 0 Å². The number of aromatic hydroxyl groups is 1. The molecule has 0 saturated carbocycles. The minimum atomic E-state index is -0.730. The molecule has 0 aliphatic carbocycles. The summed E-state index contributed by atoms with van der Waals surface area (Å²) in [6.45, 7) is 3.84. The van der Waals surface area contributed by atoms with Crippen LogP contribution in [0.5, 0.6) is 5.75 Å². The molecule has 0 radical (unpaired) electrons. The second kappa shape index (κ2) is 5.40. The van der Waals surface area contributed by atoms with Crippen LogP contribution in [-0.2, 0) is 0 Å². The minimum absolute atomic E-state index is 0.0714. The van der Waals surface area contributed by atoms with Crippen molar-refractivity contribution in [2.75, 3.05) is 0 Å². The summed E-state index contributed by atoms with van der Waals surface area (Å²) in [7, 11) is 0. The summed E-state index contributed by atoms with van der Waals surface area (Å²) in [6.07, 6.45) is 0. The number of phenols is 1. The second-order valence-corrected chi connectivity index (χ2v) is 5.63. The van der Waals surface area contributed by atoms with Crippen LogP contribution < -0.4 is 5.32 Å². The van der Waals surface area contributed by atoms with Crippen LogP contribution >= 0.6 is 11.3 Å². The third kappa shape index (κ3) is 3.12. The van der Waals surface area contributed by atoms with E-state index in [0.717, 1.165) is 15.8 Å². The average Bonchev–Trinajstić information content (AvgIpc) is 2.75. The topological polar surface area (TPSA) is 49.3 Å². The maximum absolute atomic E-state index is 13.5. The second-order valence-electron chi connectivity index (χ2n) is 4.31. The van der Waals surface area contributed by atoms with Gasteiger partial charge in [0.25, 0.3) is 5.91 Å². The van der Waals surface area contributed by atoms with Crippen molar-refractivity contribution in [2.24, 2.45) is 0 Å². The number of thiophene rings is 1. The van der Waals surface area contributed by atoms with Crippen LogP contribution in [-0.4, -0.2) is 11.0 Å². The third-order valence-electron chi connectivity index (χ3n) is 2.73. The Morgan fingerprint density at radius 3 is 2.68 bits per heavy atom. The lowest BCUT2D eigenvalue weighted by molar-refractivity contribution is 0.0936. The molecule has 2 rings (SSSR count). The Hall–Kier alpha value is -1.88. The van der Waals surface area contributed by atoms with Crippen molar-refractivity contribution in [1.29, 1.82) is 0 Å². The molecular weight excluding hydrogens is 265 g/mol. The highest BCUT2D eigenvalue weighted by molar-refractivity contribution is 7.12. The molecule has 1 unspecified atom stereocenters. The van der Waals surface area contributed by atoms with Gasteiger partial charge in [0, 0.05) is 15.8 Å². The van der Waals surface area contributed by atoms with Crippen LogP contribution in [0.1, 0.15) is 33.1 Å². The molecule has 0 aliphatic heterocycles. The van der Waals surface area contributed by atoms with E-state index >= 15 is 0 Å². The molecule has 0 fully saturated rings. The highest BCUT2D eigenvalue weighted by atomic mass is 32.1. The Kier molecular flexibility index (Phi) is 3.85. The number of rotatable bonds is 3. The van der Waals surface area contributed by atoms with Crippen molar-refractivity contribution in [3.63, 3.8) is 0 Å². The molecule has 2 aromatic rings. The van der Waals surface area contributed by atoms with E-state index in [4.69, 9.17) is 5.11 Å². The zero-order chi connectivity index (χ0) is 14.0. The molecule has 5 heteroatoms. The van der Waals surface area contributed by atoms with Gasteiger partial charge in [0.1, 0.15) is 11.6 Å². The van der Waals surface area contributed by atoms with Gasteiger partial charge in [-0.25, -0.2) is 4.39 Å². The molecule has 0 bridgehead atoms. The summed E-state index contributed by atoms with van der Waals surface area (Å²) in [6, 6.07) is 7.22. The summed E-state index contributed by atoms with van der Waals surface area (Å²) in [5.41, 5.74) is -0.0714.